The van der Waals surface area contributed by atoms with E-state index in [1.54, 1.807) is 0 Å². The molecule has 0 spiro atoms. The molecule has 0 aromatic heterocycles. The van der Waals surface area contributed by atoms with Crippen LogP contribution in [0.15, 0.2) is 60.7 Å². The number of carboxylic acid groups (broad SMARTS) is 1. The summed E-state index contributed by atoms with van der Waals surface area (Å²) in [5.74, 6) is -0.932. The van der Waals surface area contributed by atoms with Gasteiger partial charge in [-0.2, -0.15) is 0 Å². The van der Waals surface area contributed by atoms with E-state index < -0.39 is 10.7 Å². The van der Waals surface area contributed by atoms with Crippen LogP contribution in [0.4, 0.5) is 0 Å². The Bertz CT molecular complexity index is 599. The van der Waals surface area contributed by atoms with Gasteiger partial charge in [-0.25, -0.2) is 4.79 Å². The van der Waals surface area contributed by atoms with Gasteiger partial charge in [0.1, 0.15) is 0 Å². The second-order valence-electron chi connectivity index (χ2n) is 6.24. The smallest absolute Gasteiger partial charge is 0.331 e. The average molecular weight is 345 g/mol. The van der Waals surface area contributed by atoms with E-state index in [0.29, 0.717) is 11.1 Å². The molecule has 2 aromatic carbocycles. The van der Waals surface area contributed by atoms with Crippen molar-refractivity contribution in [1.29, 1.82) is 0 Å². The third-order valence-corrected chi connectivity index (χ3v) is 5.35. The molecule has 0 saturated heterocycles. The molecule has 0 heterocycles. The molecule has 5 heteroatoms. The lowest BCUT2D eigenvalue weighted by atomic mass is 9.90. The summed E-state index contributed by atoms with van der Waals surface area (Å²) in [4.78, 5) is 12.3. The quantitative estimate of drug-likeness (QED) is 0.618. The van der Waals surface area contributed by atoms with Crippen LogP contribution in [0.1, 0.15) is 31.9 Å². The van der Waals surface area contributed by atoms with Crippen molar-refractivity contribution >= 4 is 27.8 Å². The van der Waals surface area contributed by atoms with Crippen LogP contribution in [0.3, 0.4) is 0 Å². The van der Waals surface area contributed by atoms with E-state index in [1.165, 1.54) is 0 Å². The van der Waals surface area contributed by atoms with Crippen molar-refractivity contribution < 1.29 is 13.8 Å². The fourth-order valence-corrected chi connectivity index (χ4v) is 4.30. The van der Waals surface area contributed by atoms with Crippen LogP contribution in [0.5, 0.6) is 0 Å². The highest BCUT2D eigenvalue weighted by molar-refractivity contribution is 7.97. The third-order valence-electron chi connectivity index (χ3n) is 3.18. The number of benzene rings is 2. The van der Waals surface area contributed by atoms with Gasteiger partial charge in [0, 0.05) is 12.0 Å². The molecule has 0 saturated carbocycles. The van der Waals surface area contributed by atoms with Crippen LogP contribution in [0.25, 0.3) is 0 Å². The molecule has 0 atom stereocenters. The molecule has 0 aliphatic carbocycles. The number of aliphatic carboxylic acids is 1. The monoisotopic (exact) mass is 344 g/mol. The summed E-state index contributed by atoms with van der Waals surface area (Å²) in [6.07, 6.45) is 0. The van der Waals surface area contributed by atoms with Gasteiger partial charge < -0.3 is 8.98 Å². The van der Waals surface area contributed by atoms with Crippen LogP contribution in [0.2, 0.25) is 5.04 Å². The summed E-state index contributed by atoms with van der Waals surface area (Å²) in [5.41, 5.74) is 1.39. The molecule has 0 bridgehead atoms. The number of hydrogen-bond acceptors (Lipinski definition) is 3. The first-order valence-electron chi connectivity index (χ1n) is 7.32. The molecule has 0 aliphatic rings. The Labute approximate surface area is 144 Å². The lowest BCUT2D eigenvalue weighted by Gasteiger charge is -2.30. The molecular weight excluding hydrogens is 324 g/mol. The summed E-state index contributed by atoms with van der Waals surface area (Å²) in [7, 11) is 0.197. The first-order chi connectivity index (χ1) is 10.9. The molecule has 1 N–H and O–H groups in total. The van der Waals surface area contributed by atoms with E-state index >= 15 is 0 Å². The lowest BCUT2D eigenvalue weighted by Crippen LogP contribution is -2.34. The van der Waals surface area contributed by atoms with Gasteiger partial charge in [0.2, 0.25) is 0 Å². The van der Waals surface area contributed by atoms with Crippen LogP contribution >= 0.6 is 12.0 Å². The SMILES string of the molecule is CC(C)(C)[Si]OSC(C(=O)O)(c1ccccc1)c1ccccc1. The highest BCUT2D eigenvalue weighted by Crippen LogP contribution is 2.44. The highest BCUT2D eigenvalue weighted by Gasteiger charge is 2.44. The Morgan fingerprint density at radius 2 is 1.39 bits per heavy atom. The molecule has 23 heavy (non-hydrogen) atoms. The molecule has 0 unspecified atom stereocenters. The summed E-state index contributed by atoms with van der Waals surface area (Å²) in [5, 5.41) is 10.1. The van der Waals surface area contributed by atoms with Crippen molar-refractivity contribution in [3.8, 4) is 0 Å². The van der Waals surface area contributed by atoms with E-state index in [-0.39, 0.29) is 14.8 Å². The van der Waals surface area contributed by atoms with Crippen molar-refractivity contribution in [2.24, 2.45) is 0 Å². The third kappa shape index (κ3) is 4.25. The van der Waals surface area contributed by atoms with Gasteiger partial charge in [0.15, 0.2) is 4.75 Å². The number of carboxylic acids is 1. The topological polar surface area (TPSA) is 46.5 Å². The Morgan fingerprint density at radius 3 is 1.74 bits per heavy atom. The molecule has 0 aliphatic heterocycles. The molecule has 0 fully saturated rings. The van der Waals surface area contributed by atoms with Gasteiger partial charge in [-0.1, -0.05) is 81.4 Å². The van der Waals surface area contributed by atoms with Crippen LogP contribution in [0, 0.1) is 0 Å². The minimum absolute atomic E-state index is 0.00931. The van der Waals surface area contributed by atoms with E-state index in [1.807, 2.05) is 60.7 Å². The maximum absolute atomic E-state index is 12.3. The van der Waals surface area contributed by atoms with Crippen LogP contribution in [-0.2, 0) is 13.4 Å². The summed E-state index contributed by atoms with van der Waals surface area (Å²) in [6.45, 7) is 6.21. The van der Waals surface area contributed by atoms with E-state index in [9.17, 15) is 9.90 Å². The zero-order valence-corrected chi connectivity index (χ0v) is 15.3. The first-order valence-corrected chi connectivity index (χ1v) is 8.97. The number of rotatable bonds is 6. The fourth-order valence-electron chi connectivity index (χ4n) is 2.10. The first kappa shape index (κ1) is 17.8. The van der Waals surface area contributed by atoms with Crippen LogP contribution in [-0.4, -0.2) is 20.8 Å². The Morgan fingerprint density at radius 1 is 0.957 bits per heavy atom. The maximum atomic E-state index is 12.3. The molecule has 2 rings (SSSR count). The van der Waals surface area contributed by atoms with Crippen molar-refractivity contribution in [1.82, 2.24) is 0 Å². The van der Waals surface area contributed by atoms with Gasteiger partial charge in [-0.15, -0.1) is 0 Å². The van der Waals surface area contributed by atoms with Crippen molar-refractivity contribution in [3.05, 3.63) is 71.8 Å². The lowest BCUT2D eigenvalue weighted by molar-refractivity contribution is -0.139. The molecule has 3 nitrogen and oxygen atoms in total. The van der Waals surface area contributed by atoms with Crippen molar-refractivity contribution in [2.75, 3.05) is 0 Å². The zero-order chi connectivity index (χ0) is 16.9. The van der Waals surface area contributed by atoms with Gasteiger partial charge in [0.05, 0.1) is 0 Å². The molecule has 2 radical (unpaired) electrons. The van der Waals surface area contributed by atoms with E-state index in [4.69, 9.17) is 3.87 Å². The molecule has 120 valence electrons. The Hall–Kier alpha value is -1.56. The largest absolute Gasteiger partial charge is 0.480 e. The molecule has 2 aromatic rings. The minimum Gasteiger partial charge on any atom is -0.480 e. The fraction of sp³-hybridized carbons (Fsp3) is 0.278. The van der Waals surface area contributed by atoms with Gasteiger partial charge in [-0.05, 0) is 16.2 Å². The Kier molecular flexibility index (Phi) is 5.67. The summed E-state index contributed by atoms with van der Waals surface area (Å²) in [6, 6.07) is 18.5. The van der Waals surface area contributed by atoms with Gasteiger partial charge in [-0.3, -0.25) is 0 Å². The predicted molar refractivity (Wildman–Crippen MR) is 95.4 cm³/mol. The standard InChI is InChI=1S/C18H20O3SSi/c1-17(2,3)23-21-22-18(16(19)20,14-10-6-4-7-11-14)15-12-8-5-9-13-15/h4-13H,1-3H3,(H,19,20). The second kappa shape index (κ2) is 7.34. The van der Waals surface area contributed by atoms with Crippen molar-refractivity contribution in [2.45, 2.75) is 30.6 Å². The second-order valence-corrected chi connectivity index (χ2v) is 9.39. The average Bonchev–Trinajstić information content (AvgIpc) is 2.52. The summed E-state index contributed by atoms with van der Waals surface area (Å²) < 4.78 is 4.52. The molecule has 0 amide bonds. The Balaban J connectivity index is 2.46. The zero-order valence-electron chi connectivity index (χ0n) is 13.4. The normalized spacial score (nSPS) is 12.1. The number of carbonyl (C=O) groups is 1. The predicted octanol–water partition coefficient (Wildman–Crippen LogP) is 4.52. The minimum atomic E-state index is -1.28. The van der Waals surface area contributed by atoms with Crippen molar-refractivity contribution in [3.63, 3.8) is 0 Å². The maximum Gasteiger partial charge on any atom is 0.331 e. The molecular formula is C18H20O3SSi. The van der Waals surface area contributed by atoms with Crippen LogP contribution < -0.4 is 0 Å². The number of hydrogen-bond donors (Lipinski definition) is 1. The van der Waals surface area contributed by atoms with Gasteiger partial charge >= 0.3 is 5.97 Å². The van der Waals surface area contributed by atoms with E-state index in [0.717, 1.165) is 12.0 Å². The van der Waals surface area contributed by atoms with E-state index in [2.05, 4.69) is 20.8 Å². The summed E-state index contributed by atoms with van der Waals surface area (Å²) >= 11 is 1.02. The highest BCUT2D eigenvalue weighted by atomic mass is 32.2. The van der Waals surface area contributed by atoms with Gasteiger partial charge in [0.25, 0.3) is 9.76 Å².